The van der Waals surface area contributed by atoms with Gasteiger partial charge in [-0.1, -0.05) is 6.07 Å². The number of nitrogens with two attached hydrogens (primary N) is 1. The summed E-state index contributed by atoms with van der Waals surface area (Å²) in [6.45, 7) is 1.49. The summed E-state index contributed by atoms with van der Waals surface area (Å²) in [7, 11) is 1.50. The molecule has 3 heterocycles. The van der Waals surface area contributed by atoms with E-state index in [4.69, 9.17) is 10.5 Å². The average molecular weight is 424 g/mol. The lowest BCUT2D eigenvalue weighted by atomic mass is 9.96. The van der Waals surface area contributed by atoms with Crippen LogP contribution in [0.5, 0.6) is 0 Å². The summed E-state index contributed by atoms with van der Waals surface area (Å²) in [5.74, 6) is -0.795. The fourth-order valence-corrected chi connectivity index (χ4v) is 3.49. The molecule has 1 aliphatic rings. The molecule has 0 unspecified atom stereocenters. The monoisotopic (exact) mass is 424 g/mol. The number of fused-ring (bicyclic) bond motifs is 1. The van der Waals surface area contributed by atoms with Gasteiger partial charge in [-0.2, -0.15) is 5.26 Å². The predicted molar refractivity (Wildman–Crippen MR) is 114 cm³/mol. The summed E-state index contributed by atoms with van der Waals surface area (Å²) in [6, 6.07) is 7.03. The highest BCUT2D eigenvalue weighted by Crippen LogP contribution is 2.25. The van der Waals surface area contributed by atoms with Gasteiger partial charge in [0.25, 0.3) is 11.5 Å². The first kappa shape index (κ1) is 22.0. The lowest BCUT2D eigenvalue weighted by Gasteiger charge is -2.32. The molecule has 0 aromatic carbocycles. The number of hydrogen-bond acceptors (Lipinski definition) is 7. The van der Waals surface area contributed by atoms with Gasteiger partial charge >= 0.3 is 0 Å². The number of pyridine rings is 1. The molecule has 1 saturated heterocycles. The number of rotatable bonds is 7. The molecule has 0 bridgehead atoms. The number of carbonyl (C=O) groups excluding carboxylic acids is 2. The maximum atomic E-state index is 13.2. The summed E-state index contributed by atoms with van der Waals surface area (Å²) >= 11 is 0. The lowest BCUT2D eigenvalue weighted by molar-refractivity contribution is -0.122. The number of nitrogens with one attached hydrogen (secondary N) is 1. The molecule has 3 N–H and O–H groups in total. The van der Waals surface area contributed by atoms with Crippen LogP contribution in [0.2, 0.25) is 0 Å². The Labute approximate surface area is 178 Å². The van der Waals surface area contributed by atoms with Crippen molar-refractivity contribution >= 4 is 29.4 Å². The number of nitrogens with zero attached hydrogens (tertiary/aromatic N) is 4. The van der Waals surface area contributed by atoms with Gasteiger partial charge in [-0.25, -0.2) is 4.98 Å². The largest absolute Gasteiger partial charge is 0.383 e. The zero-order chi connectivity index (χ0) is 22.4. The van der Waals surface area contributed by atoms with E-state index in [1.54, 1.807) is 24.4 Å². The van der Waals surface area contributed by atoms with Crippen LogP contribution in [0.15, 0.2) is 34.8 Å². The first-order chi connectivity index (χ1) is 15.0. The molecular formula is C21H24N6O4. The molecule has 0 radical (unpaired) electrons. The van der Waals surface area contributed by atoms with Gasteiger partial charge in [0.05, 0.1) is 12.2 Å². The van der Waals surface area contributed by atoms with E-state index in [0.29, 0.717) is 44.0 Å². The molecule has 0 aliphatic carbocycles. The third-order valence-electron chi connectivity index (χ3n) is 5.19. The van der Waals surface area contributed by atoms with Gasteiger partial charge in [-0.05, 0) is 31.1 Å². The molecule has 10 nitrogen and oxygen atoms in total. The number of nitriles is 1. The normalized spacial score (nSPS) is 15.0. The highest BCUT2D eigenvalue weighted by Gasteiger charge is 2.26. The van der Waals surface area contributed by atoms with E-state index in [1.165, 1.54) is 17.6 Å². The summed E-state index contributed by atoms with van der Waals surface area (Å²) < 4.78 is 6.26. The highest BCUT2D eigenvalue weighted by molar-refractivity contribution is 6.02. The Morgan fingerprint density at radius 3 is 2.77 bits per heavy atom. The highest BCUT2D eigenvalue weighted by atomic mass is 16.5. The van der Waals surface area contributed by atoms with E-state index >= 15 is 0 Å². The van der Waals surface area contributed by atoms with Gasteiger partial charge in [-0.15, -0.1) is 0 Å². The Morgan fingerprint density at radius 1 is 1.39 bits per heavy atom. The Hall–Kier alpha value is -3.71. The number of amides is 2. The fraction of sp³-hybridized carbons (Fsp3) is 0.381. The van der Waals surface area contributed by atoms with Crippen LogP contribution < -0.4 is 21.5 Å². The number of hydrogen-bond donors (Lipinski definition) is 2. The average Bonchev–Trinajstić information content (AvgIpc) is 2.78. The third-order valence-corrected chi connectivity index (χ3v) is 5.19. The Balaban J connectivity index is 2.04. The van der Waals surface area contributed by atoms with Crippen LogP contribution in [0.1, 0.15) is 18.4 Å². The summed E-state index contributed by atoms with van der Waals surface area (Å²) in [5, 5.41) is 12.1. The van der Waals surface area contributed by atoms with Crippen molar-refractivity contribution in [1.82, 2.24) is 14.7 Å². The Morgan fingerprint density at radius 2 is 2.13 bits per heavy atom. The quantitative estimate of drug-likeness (QED) is 0.364. The van der Waals surface area contributed by atoms with Crippen molar-refractivity contribution in [1.29, 1.82) is 5.26 Å². The van der Waals surface area contributed by atoms with Crippen molar-refractivity contribution in [3.05, 3.63) is 45.9 Å². The van der Waals surface area contributed by atoms with Gasteiger partial charge in [0.15, 0.2) is 0 Å². The maximum absolute atomic E-state index is 13.2. The number of piperidine rings is 1. The smallest absolute Gasteiger partial charge is 0.267 e. The molecule has 2 amide bonds. The topological polar surface area (TPSA) is 143 Å². The molecule has 31 heavy (non-hydrogen) atoms. The molecule has 0 saturated carbocycles. The number of methoxy groups -OCH3 is 1. The SMILES string of the molecule is COCCNC(=O)/C(C#N)=C/c1c(N2CCC(C(N)=O)CC2)nc2ccccn2c1=O. The zero-order valence-electron chi connectivity index (χ0n) is 17.2. The molecule has 1 aliphatic heterocycles. The van der Waals surface area contributed by atoms with Crippen molar-refractivity contribution in [2.24, 2.45) is 11.7 Å². The van der Waals surface area contributed by atoms with Crippen molar-refractivity contribution in [3.63, 3.8) is 0 Å². The third kappa shape index (κ3) is 4.90. The number of anilines is 1. The minimum Gasteiger partial charge on any atom is -0.383 e. The first-order valence-corrected chi connectivity index (χ1v) is 9.91. The van der Waals surface area contributed by atoms with Gasteiger partial charge < -0.3 is 20.7 Å². The standard InChI is InChI=1S/C21H24N6O4/c1-31-11-7-24-20(29)15(13-22)12-16-19(26-9-5-14(6-10-26)18(23)28)25-17-4-2-3-8-27(17)21(16)30/h2-4,8,12,14H,5-7,9-11H2,1H3,(H2,23,28)(H,24,29)/b15-12+. The van der Waals surface area contributed by atoms with Crippen molar-refractivity contribution in [2.45, 2.75) is 12.8 Å². The van der Waals surface area contributed by atoms with Crippen LogP contribution in [0.25, 0.3) is 11.7 Å². The second kappa shape index (κ2) is 9.86. The second-order valence-electron chi connectivity index (χ2n) is 7.17. The number of aromatic nitrogens is 2. The van der Waals surface area contributed by atoms with Gasteiger partial charge in [0.2, 0.25) is 5.91 Å². The molecule has 0 atom stereocenters. The molecule has 2 aromatic heterocycles. The van der Waals surface area contributed by atoms with Crippen LogP contribution >= 0.6 is 0 Å². The van der Waals surface area contributed by atoms with Crippen molar-refractivity contribution in [3.8, 4) is 6.07 Å². The molecule has 10 heteroatoms. The van der Waals surface area contributed by atoms with Gasteiger partial charge in [-0.3, -0.25) is 18.8 Å². The molecule has 3 rings (SSSR count). The Kier molecular flexibility index (Phi) is 6.99. The van der Waals surface area contributed by atoms with Gasteiger partial charge in [0, 0.05) is 38.9 Å². The summed E-state index contributed by atoms with van der Waals surface area (Å²) in [6.07, 6.45) is 3.93. The van der Waals surface area contributed by atoms with Crippen LogP contribution in [0.4, 0.5) is 5.82 Å². The van der Waals surface area contributed by atoms with E-state index < -0.39 is 11.5 Å². The minimum absolute atomic E-state index is 0.139. The van der Waals surface area contributed by atoms with E-state index in [2.05, 4.69) is 10.3 Å². The second-order valence-corrected chi connectivity index (χ2v) is 7.17. The minimum atomic E-state index is -0.601. The lowest BCUT2D eigenvalue weighted by Crippen LogP contribution is -2.40. The van der Waals surface area contributed by atoms with Crippen LogP contribution in [-0.2, 0) is 14.3 Å². The maximum Gasteiger partial charge on any atom is 0.267 e. The van der Waals surface area contributed by atoms with E-state index in [-0.39, 0.29) is 29.5 Å². The van der Waals surface area contributed by atoms with Crippen LogP contribution in [0.3, 0.4) is 0 Å². The molecule has 2 aromatic rings. The fourth-order valence-electron chi connectivity index (χ4n) is 3.49. The summed E-state index contributed by atoms with van der Waals surface area (Å²) in [4.78, 5) is 43.6. The summed E-state index contributed by atoms with van der Waals surface area (Å²) in [5.41, 5.74) is 5.40. The van der Waals surface area contributed by atoms with Gasteiger partial charge in [0.1, 0.15) is 23.1 Å². The zero-order valence-corrected chi connectivity index (χ0v) is 17.2. The molecular weight excluding hydrogens is 400 g/mol. The molecule has 1 fully saturated rings. The number of carbonyl (C=O) groups is 2. The number of ether oxygens (including phenoxy) is 1. The molecule has 162 valence electrons. The van der Waals surface area contributed by atoms with Crippen molar-refractivity contribution < 1.29 is 14.3 Å². The van der Waals surface area contributed by atoms with Crippen LogP contribution in [-0.4, -0.2) is 54.5 Å². The van der Waals surface area contributed by atoms with Crippen molar-refractivity contribution in [2.75, 3.05) is 38.3 Å². The van der Waals surface area contributed by atoms with Crippen LogP contribution in [0, 0.1) is 17.2 Å². The van der Waals surface area contributed by atoms with E-state index in [0.717, 1.165) is 0 Å². The first-order valence-electron chi connectivity index (χ1n) is 9.91. The van der Waals surface area contributed by atoms with E-state index in [9.17, 15) is 19.6 Å². The predicted octanol–water partition coefficient (Wildman–Crippen LogP) is 0.0658. The number of primary amides is 1. The van der Waals surface area contributed by atoms with E-state index in [1.807, 2.05) is 11.0 Å². The Bertz CT molecular complexity index is 1110. The molecule has 0 spiro atoms.